The first kappa shape index (κ1) is 15.6. The molecule has 0 aliphatic rings. The van der Waals surface area contributed by atoms with Crippen molar-refractivity contribution >= 4 is 34.5 Å². The van der Waals surface area contributed by atoms with Crippen molar-refractivity contribution in [3.8, 4) is 11.8 Å². The SMILES string of the molecule is Cc1ccc(C(=O)Nc2cc(Cl)ccc2C#CCCO)s1. The van der Waals surface area contributed by atoms with Crippen LogP contribution in [0, 0.1) is 18.8 Å². The Morgan fingerprint density at radius 2 is 2.19 bits per heavy atom. The molecule has 2 rings (SSSR count). The molecule has 0 aliphatic carbocycles. The number of aliphatic hydroxyl groups is 1. The van der Waals surface area contributed by atoms with E-state index in [2.05, 4.69) is 17.2 Å². The molecule has 0 bridgehead atoms. The molecule has 0 unspecified atom stereocenters. The minimum atomic E-state index is -0.180. The lowest BCUT2D eigenvalue weighted by Gasteiger charge is -2.07. The summed E-state index contributed by atoms with van der Waals surface area (Å²) in [5, 5.41) is 12.1. The molecule has 0 spiro atoms. The summed E-state index contributed by atoms with van der Waals surface area (Å²) in [5.41, 5.74) is 1.25. The number of carbonyl (C=O) groups is 1. The van der Waals surface area contributed by atoms with E-state index in [4.69, 9.17) is 16.7 Å². The molecule has 1 aromatic heterocycles. The van der Waals surface area contributed by atoms with Crippen molar-refractivity contribution in [3.05, 3.63) is 50.7 Å². The van der Waals surface area contributed by atoms with E-state index in [1.165, 1.54) is 11.3 Å². The fourth-order valence-corrected chi connectivity index (χ4v) is 2.62. The highest BCUT2D eigenvalue weighted by Crippen LogP contribution is 2.23. The molecule has 108 valence electrons. The van der Waals surface area contributed by atoms with Crippen molar-refractivity contribution in [2.45, 2.75) is 13.3 Å². The van der Waals surface area contributed by atoms with E-state index < -0.39 is 0 Å². The molecule has 21 heavy (non-hydrogen) atoms. The van der Waals surface area contributed by atoms with Crippen LogP contribution in [0.1, 0.15) is 26.5 Å². The molecule has 3 nitrogen and oxygen atoms in total. The van der Waals surface area contributed by atoms with Crippen LogP contribution in [-0.2, 0) is 0 Å². The van der Waals surface area contributed by atoms with E-state index in [1.54, 1.807) is 24.3 Å². The van der Waals surface area contributed by atoms with Gasteiger partial charge in [0.2, 0.25) is 0 Å². The first-order valence-electron chi connectivity index (χ1n) is 6.37. The summed E-state index contributed by atoms with van der Waals surface area (Å²) in [6.07, 6.45) is 0.389. The highest BCUT2D eigenvalue weighted by Gasteiger charge is 2.10. The number of rotatable bonds is 3. The van der Waals surface area contributed by atoms with Gasteiger partial charge in [-0.2, -0.15) is 0 Å². The molecular formula is C16H14ClNO2S. The maximum atomic E-state index is 12.2. The third-order valence-electron chi connectivity index (χ3n) is 2.65. The summed E-state index contributed by atoms with van der Waals surface area (Å²) >= 11 is 7.41. The third kappa shape index (κ3) is 4.33. The summed E-state index contributed by atoms with van der Waals surface area (Å²) in [4.78, 5) is 13.9. The predicted octanol–water partition coefficient (Wildman–Crippen LogP) is 3.70. The zero-order chi connectivity index (χ0) is 15.2. The van der Waals surface area contributed by atoms with Gasteiger partial charge in [-0.1, -0.05) is 23.4 Å². The Bertz CT molecular complexity index is 713. The Labute approximate surface area is 132 Å². The Morgan fingerprint density at radius 1 is 1.38 bits per heavy atom. The molecule has 5 heteroatoms. The van der Waals surface area contributed by atoms with Crippen molar-refractivity contribution in [2.24, 2.45) is 0 Å². The van der Waals surface area contributed by atoms with E-state index in [0.717, 1.165) is 4.88 Å². The summed E-state index contributed by atoms with van der Waals surface area (Å²) in [6.45, 7) is 1.96. The largest absolute Gasteiger partial charge is 0.395 e. The molecule has 0 saturated heterocycles. The van der Waals surface area contributed by atoms with Crippen molar-refractivity contribution < 1.29 is 9.90 Å². The number of amides is 1. The van der Waals surface area contributed by atoms with E-state index in [0.29, 0.717) is 27.6 Å². The minimum Gasteiger partial charge on any atom is -0.395 e. The fourth-order valence-electron chi connectivity index (χ4n) is 1.68. The first-order chi connectivity index (χ1) is 10.1. The summed E-state index contributed by atoms with van der Waals surface area (Å²) in [6, 6.07) is 8.83. The fraction of sp³-hybridized carbons (Fsp3) is 0.188. The van der Waals surface area contributed by atoms with Crippen LogP contribution in [0.15, 0.2) is 30.3 Å². The first-order valence-corrected chi connectivity index (χ1v) is 7.56. The van der Waals surface area contributed by atoms with Crippen LogP contribution >= 0.6 is 22.9 Å². The molecule has 2 N–H and O–H groups in total. The highest BCUT2D eigenvalue weighted by atomic mass is 35.5. The van der Waals surface area contributed by atoms with Crippen molar-refractivity contribution in [1.82, 2.24) is 0 Å². The van der Waals surface area contributed by atoms with Crippen LogP contribution in [0.2, 0.25) is 5.02 Å². The number of hydrogen-bond acceptors (Lipinski definition) is 3. The Balaban J connectivity index is 2.24. The molecule has 1 aromatic carbocycles. The zero-order valence-corrected chi connectivity index (χ0v) is 13.0. The van der Waals surface area contributed by atoms with Crippen LogP contribution < -0.4 is 5.32 Å². The van der Waals surface area contributed by atoms with Gasteiger partial charge in [-0.3, -0.25) is 4.79 Å². The van der Waals surface area contributed by atoms with Gasteiger partial charge in [0.15, 0.2) is 0 Å². The lowest BCUT2D eigenvalue weighted by atomic mass is 10.1. The zero-order valence-electron chi connectivity index (χ0n) is 11.4. The van der Waals surface area contributed by atoms with Gasteiger partial charge in [-0.25, -0.2) is 0 Å². The molecule has 0 fully saturated rings. The number of aliphatic hydroxyl groups excluding tert-OH is 1. The smallest absolute Gasteiger partial charge is 0.265 e. The van der Waals surface area contributed by atoms with E-state index >= 15 is 0 Å². The van der Waals surface area contributed by atoms with Gasteiger partial charge in [0, 0.05) is 21.9 Å². The molecular weight excluding hydrogens is 306 g/mol. The van der Waals surface area contributed by atoms with Crippen molar-refractivity contribution in [2.75, 3.05) is 11.9 Å². The number of aryl methyl sites for hydroxylation is 1. The number of hydrogen-bond donors (Lipinski definition) is 2. The summed E-state index contributed by atoms with van der Waals surface area (Å²) in [5.74, 6) is 5.58. The van der Waals surface area contributed by atoms with Crippen LogP contribution in [0.4, 0.5) is 5.69 Å². The molecule has 0 saturated carbocycles. The lowest BCUT2D eigenvalue weighted by Crippen LogP contribution is -2.11. The van der Waals surface area contributed by atoms with Crippen LogP contribution in [-0.4, -0.2) is 17.6 Å². The second kappa shape index (κ2) is 7.28. The topological polar surface area (TPSA) is 49.3 Å². The maximum Gasteiger partial charge on any atom is 0.265 e. The Hall–Kier alpha value is -1.80. The monoisotopic (exact) mass is 319 g/mol. The Morgan fingerprint density at radius 3 is 2.86 bits per heavy atom. The van der Waals surface area contributed by atoms with E-state index in [1.807, 2.05) is 13.0 Å². The highest BCUT2D eigenvalue weighted by molar-refractivity contribution is 7.14. The molecule has 1 amide bonds. The van der Waals surface area contributed by atoms with Gasteiger partial charge in [-0.15, -0.1) is 11.3 Å². The van der Waals surface area contributed by atoms with Crippen molar-refractivity contribution in [1.29, 1.82) is 0 Å². The van der Waals surface area contributed by atoms with Gasteiger partial charge in [0.1, 0.15) is 0 Å². The Kier molecular flexibility index (Phi) is 5.40. The van der Waals surface area contributed by atoms with Gasteiger partial charge in [0.05, 0.1) is 17.2 Å². The average molecular weight is 320 g/mol. The maximum absolute atomic E-state index is 12.2. The molecule has 0 atom stereocenters. The van der Waals surface area contributed by atoms with E-state index in [-0.39, 0.29) is 12.5 Å². The molecule has 0 radical (unpaired) electrons. The standard InChI is InChI=1S/C16H14ClNO2S/c1-11-5-8-15(21-11)16(20)18-14-10-13(17)7-6-12(14)4-2-3-9-19/h5-8,10,19H,3,9H2,1H3,(H,18,20). The number of halogens is 1. The lowest BCUT2D eigenvalue weighted by molar-refractivity contribution is 0.103. The number of nitrogens with one attached hydrogen (secondary N) is 1. The predicted molar refractivity (Wildman–Crippen MR) is 87.0 cm³/mol. The van der Waals surface area contributed by atoms with Gasteiger partial charge in [-0.05, 0) is 37.3 Å². The van der Waals surface area contributed by atoms with Gasteiger partial charge in [0.25, 0.3) is 5.91 Å². The van der Waals surface area contributed by atoms with Gasteiger partial charge < -0.3 is 10.4 Å². The summed E-state index contributed by atoms with van der Waals surface area (Å²) in [7, 11) is 0. The van der Waals surface area contributed by atoms with Crippen LogP contribution in [0.3, 0.4) is 0 Å². The third-order valence-corrected chi connectivity index (χ3v) is 3.89. The molecule has 0 aliphatic heterocycles. The number of thiophene rings is 1. The quantitative estimate of drug-likeness (QED) is 0.848. The summed E-state index contributed by atoms with van der Waals surface area (Å²) < 4.78 is 0. The minimum absolute atomic E-state index is 0.0107. The number of carbonyl (C=O) groups excluding carboxylic acids is 1. The number of anilines is 1. The average Bonchev–Trinajstić information content (AvgIpc) is 2.88. The van der Waals surface area contributed by atoms with Crippen LogP contribution in [0.5, 0.6) is 0 Å². The van der Waals surface area contributed by atoms with Crippen LogP contribution in [0.25, 0.3) is 0 Å². The van der Waals surface area contributed by atoms with Gasteiger partial charge >= 0.3 is 0 Å². The van der Waals surface area contributed by atoms with E-state index in [9.17, 15) is 4.79 Å². The van der Waals surface area contributed by atoms with Crippen molar-refractivity contribution in [3.63, 3.8) is 0 Å². The second-order valence-corrected chi connectivity index (χ2v) is 6.05. The normalized spacial score (nSPS) is 9.86. The molecule has 2 aromatic rings. The number of benzene rings is 1. The molecule has 1 heterocycles. The second-order valence-electron chi connectivity index (χ2n) is 4.33.